The molecule has 102 valence electrons. The molecule has 1 aromatic heterocycles. The van der Waals surface area contributed by atoms with Gasteiger partial charge in [-0.3, -0.25) is 9.59 Å². The quantitative estimate of drug-likeness (QED) is 0.871. The van der Waals surface area contributed by atoms with Gasteiger partial charge in [0.2, 0.25) is 11.0 Å². The Morgan fingerprint density at radius 3 is 2.85 bits per heavy atom. The number of hydrogen-bond donors (Lipinski definition) is 1. The second kappa shape index (κ2) is 5.38. The second-order valence-corrected chi connectivity index (χ2v) is 5.20. The second-order valence-electron chi connectivity index (χ2n) is 4.36. The predicted molar refractivity (Wildman–Crippen MR) is 71.9 cm³/mol. The maximum atomic E-state index is 12.2. The highest BCUT2D eigenvalue weighted by Crippen LogP contribution is 2.36. The van der Waals surface area contributed by atoms with E-state index in [4.69, 9.17) is 4.74 Å². The molecule has 20 heavy (non-hydrogen) atoms. The smallest absolute Gasteiger partial charge is 0.307 e. The van der Waals surface area contributed by atoms with Crippen LogP contribution in [0.15, 0.2) is 35.8 Å². The van der Waals surface area contributed by atoms with E-state index in [0.29, 0.717) is 5.13 Å². The van der Waals surface area contributed by atoms with Gasteiger partial charge in [-0.2, -0.15) is 0 Å². The first-order chi connectivity index (χ1) is 9.74. The molecule has 1 N–H and O–H groups in total. The average molecular weight is 289 g/mol. The number of carbonyl (C=O) groups excluding carboxylic acids is 2. The molecule has 1 aromatic carbocycles. The van der Waals surface area contributed by atoms with Crippen molar-refractivity contribution in [3.05, 3.63) is 41.4 Å². The van der Waals surface area contributed by atoms with Gasteiger partial charge in [0.15, 0.2) is 0 Å². The lowest BCUT2D eigenvalue weighted by molar-refractivity contribution is -0.141. The Bertz CT molecular complexity index is 615. The minimum absolute atomic E-state index is 0.0736. The molecule has 7 heteroatoms. The number of cyclic esters (lactones) is 1. The van der Waals surface area contributed by atoms with Crippen LogP contribution < -0.4 is 5.32 Å². The van der Waals surface area contributed by atoms with E-state index in [-0.39, 0.29) is 18.3 Å². The fraction of sp³-hybridized carbons (Fsp3) is 0.231. The Hall–Kier alpha value is -2.28. The van der Waals surface area contributed by atoms with Crippen LogP contribution >= 0.6 is 11.3 Å². The van der Waals surface area contributed by atoms with Crippen LogP contribution in [0.1, 0.15) is 18.1 Å². The molecule has 2 atom stereocenters. The van der Waals surface area contributed by atoms with Gasteiger partial charge in [-0.25, -0.2) is 0 Å². The van der Waals surface area contributed by atoms with Crippen molar-refractivity contribution < 1.29 is 14.3 Å². The third kappa shape index (κ3) is 2.53. The third-order valence-electron chi connectivity index (χ3n) is 3.07. The van der Waals surface area contributed by atoms with E-state index in [1.54, 1.807) is 0 Å². The summed E-state index contributed by atoms with van der Waals surface area (Å²) in [6.45, 7) is 0. The van der Waals surface area contributed by atoms with Gasteiger partial charge < -0.3 is 10.1 Å². The van der Waals surface area contributed by atoms with Gasteiger partial charge in [0.25, 0.3) is 0 Å². The number of ether oxygens (including phenoxy) is 1. The first kappa shape index (κ1) is 12.7. The van der Waals surface area contributed by atoms with Crippen molar-refractivity contribution in [1.82, 2.24) is 10.2 Å². The molecule has 0 saturated carbocycles. The Morgan fingerprint density at radius 1 is 1.35 bits per heavy atom. The summed E-state index contributed by atoms with van der Waals surface area (Å²) in [4.78, 5) is 23.8. The van der Waals surface area contributed by atoms with Crippen LogP contribution in [0.25, 0.3) is 0 Å². The van der Waals surface area contributed by atoms with Crippen molar-refractivity contribution >= 4 is 28.3 Å². The first-order valence-electron chi connectivity index (χ1n) is 6.05. The summed E-state index contributed by atoms with van der Waals surface area (Å²) >= 11 is 1.23. The Kier molecular flexibility index (Phi) is 3.42. The van der Waals surface area contributed by atoms with Gasteiger partial charge in [0.1, 0.15) is 11.6 Å². The van der Waals surface area contributed by atoms with E-state index >= 15 is 0 Å². The fourth-order valence-electron chi connectivity index (χ4n) is 2.16. The summed E-state index contributed by atoms with van der Waals surface area (Å²) in [5.41, 5.74) is 2.34. The van der Waals surface area contributed by atoms with Gasteiger partial charge in [-0.05, 0) is 5.56 Å². The van der Waals surface area contributed by atoms with Gasteiger partial charge in [0.05, 0.1) is 12.3 Å². The van der Waals surface area contributed by atoms with Crippen molar-refractivity contribution in [3.8, 4) is 0 Å². The zero-order valence-electron chi connectivity index (χ0n) is 10.4. The monoisotopic (exact) mass is 289 g/mol. The van der Waals surface area contributed by atoms with Gasteiger partial charge in [0, 0.05) is 0 Å². The number of rotatable bonds is 3. The lowest BCUT2D eigenvalue weighted by Gasteiger charge is -2.16. The molecule has 1 aliphatic heterocycles. The highest BCUT2D eigenvalue weighted by Gasteiger charge is 2.40. The van der Waals surface area contributed by atoms with Crippen molar-refractivity contribution in [2.45, 2.75) is 12.5 Å². The van der Waals surface area contributed by atoms with Gasteiger partial charge in [-0.15, -0.1) is 10.2 Å². The highest BCUT2D eigenvalue weighted by molar-refractivity contribution is 7.13. The molecule has 1 amide bonds. The maximum absolute atomic E-state index is 12.2. The number of carbonyl (C=O) groups is 2. The van der Waals surface area contributed by atoms with Gasteiger partial charge in [-0.1, -0.05) is 41.7 Å². The predicted octanol–water partition coefficient (Wildman–Crippen LogP) is 1.78. The molecule has 0 unspecified atom stereocenters. The summed E-state index contributed by atoms with van der Waals surface area (Å²) in [7, 11) is 0. The van der Waals surface area contributed by atoms with Crippen LogP contribution in [0.5, 0.6) is 0 Å². The summed E-state index contributed by atoms with van der Waals surface area (Å²) in [5.74, 6) is -1.19. The molecule has 0 spiro atoms. The molecule has 6 nitrogen and oxygen atoms in total. The third-order valence-corrected chi connectivity index (χ3v) is 3.67. The zero-order valence-corrected chi connectivity index (χ0v) is 11.2. The lowest BCUT2D eigenvalue weighted by atomic mass is 9.94. The number of esters is 1. The van der Waals surface area contributed by atoms with Crippen LogP contribution in [0, 0.1) is 5.92 Å². The normalized spacial score (nSPS) is 21.5. The summed E-state index contributed by atoms with van der Waals surface area (Å²) in [6.07, 6.45) is -0.471. The highest BCUT2D eigenvalue weighted by atomic mass is 32.1. The Balaban J connectivity index is 1.80. The molecule has 1 fully saturated rings. The fourth-order valence-corrected chi connectivity index (χ4v) is 2.61. The zero-order chi connectivity index (χ0) is 13.9. The van der Waals surface area contributed by atoms with Crippen LogP contribution in [-0.2, 0) is 14.3 Å². The summed E-state index contributed by atoms with van der Waals surface area (Å²) < 4.78 is 5.27. The minimum atomic E-state index is -0.547. The van der Waals surface area contributed by atoms with Crippen molar-refractivity contribution in [2.75, 3.05) is 5.32 Å². The number of nitrogens with one attached hydrogen (secondary N) is 1. The number of nitrogens with zero attached hydrogens (tertiary/aromatic N) is 2. The summed E-state index contributed by atoms with van der Waals surface area (Å²) in [6, 6.07) is 9.25. The molecule has 2 heterocycles. The molecule has 0 bridgehead atoms. The number of benzene rings is 1. The Labute approximate surface area is 118 Å². The molecule has 2 aromatic rings. The largest absolute Gasteiger partial charge is 0.457 e. The molecule has 3 rings (SSSR count). The van der Waals surface area contributed by atoms with E-state index in [1.165, 1.54) is 16.8 Å². The summed E-state index contributed by atoms with van der Waals surface area (Å²) in [5, 5.41) is 10.5. The van der Waals surface area contributed by atoms with E-state index < -0.39 is 12.0 Å². The van der Waals surface area contributed by atoms with Crippen LogP contribution in [0.4, 0.5) is 5.13 Å². The van der Waals surface area contributed by atoms with Crippen LogP contribution in [0.3, 0.4) is 0 Å². The molecular formula is C13H11N3O3S. The number of hydrogen-bond acceptors (Lipinski definition) is 6. The van der Waals surface area contributed by atoms with Crippen molar-refractivity contribution in [2.24, 2.45) is 5.92 Å². The lowest BCUT2D eigenvalue weighted by Crippen LogP contribution is -2.25. The number of amides is 1. The van der Waals surface area contributed by atoms with E-state index in [2.05, 4.69) is 15.5 Å². The van der Waals surface area contributed by atoms with Crippen LogP contribution in [0.2, 0.25) is 0 Å². The maximum Gasteiger partial charge on any atom is 0.307 e. The number of anilines is 1. The van der Waals surface area contributed by atoms with Crippen LogP contribution in [-0.4, -0.2) is 22.1 Å². The topological polar surface area (TPSA) is 81.2 Å². The molecule has 1 aliphatic rings. The van der Waals surface area contributed by atoms with E-state index in [9.17, 15) is 9.59 Å². The van der Waals surface area contributed by atoms with Gasteiger partial charge >= 0.3 is 5.97 Å². The van der Waals surface area contributed by atoms with E-state index in [0.717, 1.165) is 5.56 Å². The first-order valence-corrected chi connectivity index (χ1v) is 6.93. The van der Waals surface area contributed by atoms with E-state index in [1.807, 2.05) is 30.3 Å². The molecule has 0 aliphatic carbocycles. The van der Waals surface area contributed by atoms with Crippen molar-refractivity contribution in [3.63, 3.8) is 0 Å². The standard InChI is InChI=1S/C13H11N3O3S/c17-10-6-9(12(18)15-13-16-14-7-20-13)11(19-10)8-4-2-1-3-5-8/h1-5,7,9,11H,6H2,(H,15,16,18)/t9-,11+/m1/s1. The average Bonchev–Trinajstić information content (AvgIpc) is 3.09. The molecule has 1 saturated heterocycles. The minimum Gasteiger partial charge on any atom is -0.457 e. The molecule has 0 radical (unpaired) electrons. The number of aromatic nitrogens is 2. The Morgan fingerprint density at radius 2 is 2.15 bits per heavy atom. The SMILES string of the molecule is O=C1C[C@@H](C(=O)Nc2nncs2)[C@H](c2ccccc2)O1. The van der Waals surface area contributed by atoms with Crippen molar-refractivity contribution in [1.29, 1.82) is 0 Å². The molecular weight excluding hydrogens is 278 g/mol.